The third-order valence-electron chi connectivity index (χ3n) is 2.97. The number of amides is 1. The van der Waals surface area contributed by atoms with E-state index in [0.29, 0.717) is 12.2 Å². The Kier molecular flexibility index (Phi) is 7.08. The Bertz CT molecular complexity index is 415. The van der Waals surface area contributed by atoms with Crippen molar-refractivity contribution in [2.45, 2.75) is 52.0 Å². The molecule has 1 heterocycles. The molecular weight excluding hydrogens is 264 g/mol. The SMILES string of the molecule is CCCc1cc(NC(=O)C(C)(N)CCC)n(C)n1.Cl. The Morgan fingerprint density at radius 3 is 2.63 bits per heavy atom. The van der Waals surface area contributed by atoms with Crippen molar-refractivity contribution in [2.75, 3.05) is 5.32 Å². The molecule has 0 saturated carbocycles. The zero-order chi connectivity index (χ0) is 13.8. The summed E-state index contributed by atoms with van der Waals surface area (Å²) in [4.78, 5) is 12.1. The maximum absolute atomic E-state index is 12.1. The zero-order valence-corrected chi connectivity index (χ0v) is 13.0. The van der Waals surface area contributed by atoms with Crippen LogP contribution in [-0.2, 0) is 18.3 Å². The number of nitrogens with zero attached hydrogens (tertiary/aromatic N) is 2. The van der Waals surface area contributed by atoms with E-state index in [2.05, 4.69) is 17.3 Å². The summed E-state index contributed by atoms with van der Waals surface area (Å²) in [6.45, 7) is 5.88. The summed E-state index contributed by atoms with van der Waals surface area (Å²) in [5.74, 6) is 0.548. The lowest BCUT2D eigenvalue weighted by Gasteiger charge is -2.22. The van der Waals surface area contributed by atoms with Gasteiger partial charge in [-0.05, 0) is 19.8 Å². The molecule has 0 aliphatic carbocycles. The topological polar surface area (TPSA) is 72.9 Å². The van der Waals surface area contributed by atoms with Crippen LogP contribution < -0.4 is 11.1 Å². The first-order valence-corrected chi connectivity index (χ1v) is 6.54. The molecule has 19 heavy (non-hydrogen) atoms. The van der Waals surface area contributed by atoms with Gasteiger partial charge in [0.2, 0.25) is 5.91 Å². The summed E-state index contributed by atoms with van der Waals surface area (Å²) < 4.78 is 1.69. The number of hydrogen-bond donors (Lipinski definition) is 2. The molecule has 0 radical (unpaired) electrons. The van der Waals surface area contributed by atoms with Gasteiger partial charge in [0.15, 0.2) is 0 Å². The van der Waals surface area contributed by atoms with Crippen molar-refractivity contribution in [1.82, 2.24) is 9.78 Å². The number of rotatable bonds is 6. The number of anilines is 1. The van der Waals surface area contributed by atoms with E-state index in [-0.39, 0.29) is 18.3 Å². The predicted octanol–water partition coefficient (Wildman–Crippen LogP) is 2.25. The van der Waals surface area contributed by atoms with Crippen LogP contribution in [0.4, 0.5) is 5.82 Å². The lowest BCUT2D eigenvalue weighted by molar-refractivity contribution is -0.120. The Labute approximate surface area is 121 Å². The normalized spacial score (nSPS) is 13.5. The van der Waals surface area contributed by atoms with Crippen molar-refractivity contribution in [1.29, 1.82) is 0 Å². The number of carbonyl (C=O) groups excluding carboxylic acids is 1. The maximum atomic E-state index is 12.1. The van der Waals surface area contributed by atoms with Crippen molar-refractivity contribution in [3.8, 4) is 0 Å². The van der Waals surface area contributed by atoms with E-state index in [0.717, 1.165) is 25.0 Å². The maximum Gasteiger partial charge on any atom is 0.245 e. The number of halogens is 1. The molecule has 0 aliphatic heterocycles. The van der Waals surface area contributed by atoms with E-state index in [9.17, 15) is 4.79 Å². The molecule has 1 unspecified atom stereocenters. The average Bonchev–Trinajstić information content (AvgIpc) is 2.59. The van der Waals surface area contributed by atoms with Crippen LogP contribution in [0.1, 0.15) is 45.7 Å². The highest BCUT2D eigenvalue weighted by Crippen LogP contribution is 2.15. The van der Waals surface area contributed by atoms with E-state index in [4.69, 9.17) is 5.73 Å². The first-order valence-electron chi connectivity index (χ1n) is 6.54. The third kappa shape index (κ3) is 4.84. The molecule has 0 saturated heterocycles. The summed E-state index contributed by atoms with van der Waals surface area (Å²) in [5, 5.41) is 7.19. The van der Waals surface area contributed by atoms with Gasteiger partial charge in [0.1, 0.15) is 5.82 Å². The molecule has 5 nitrogen and oxygen atoms in total. The van der Waals surface area contributed by atoms with Gasteiger partial charge in [-0.1, -0.05) is 26.7 Å². The monoisotopic (exact) mass is 288 g/mol. The molecule has 3 N–H and O–H groups in total. The summed E-state index contributed by atoms with van der Waals surface area (Å²) in [6.07, 6.45) is 3.50. The van der Waals surface area contributed by atoms with E-state index < -0.39 is 5.54 Å². The van der Waals surface area contributed by atoms with Crippen LogP contribution in [0, 0.1) is 0 Å². The molecule has 110 valence electrons. The smallest absolute Gasteiger partial charge is 0.245 e. The second-order valence-corrected chi connectivity index (χ2v) is 5.02. The van der Waals surface area contributed by atoms with Crippen molar-refractivity contribution in [3.63, 3.8) is 0 Å². The summed E-state index contributed by atoms with van der Waals surface area (Å²) in [7, 11) is 1.82. The standard InChI is InChI=1S/C13H24N4O.ClH/c1-5-7-10-9-11(17(4)16-10)15-12(18)13(3,14)8-6-2;/h9H,5-8,14H2,1-4H3,(H,15,18);1H. The Balaban J connectivity index is 0.00000324. The van der Waals surface area contributed by atoms with Crippen molar-refractivity contribution >= 4 is 24.1 Å². The number of nitrogens with one attached hydrogen (secondary N) is 1. The van der Waals surface area contributed by atoms with Gasteiger partial charge in [0.25, 0.3) is 0 Å². The van der Waals surface area contributed by atoms with Crippen molar-refractivity contribution in [2.24, 2.45) is 12.8 Å². The summed E-state index contributed by atoms with van der Waals surface area (Å²) in [5.41, 5.74) is 6.15. The molecule has 0 fully saturated rings. The van der Waals surface area contributed by atoms with Crippen LogP contribution in [0.5, 0.6) is 0 Å². The molecule has 1 aromatic rings. The molecule has 1 rings (SSSR count). The molecule has 0 aliphatic rings. The van der Waals surface area contributed by atoms with E-state index in [1.807, 2.05) is 20.0 Å². The number of nitrogens with two attached hydrogens (primary N) is 1. The molecule has 6 heteroatoms. The quantitative estimate of drug-likeness (QED) is 0.843. The largest absolute Gasteiger partial charge is 0.318 e. The molecule has 1 aromatic heterocycles. The minimum atomic E-state index is -0.829. The molecule has 1 amide bonds. The van der Waals surface area contributed by atoms with Crippen LogP contribution in [0.3, 0.4) is 0 Å². The van der Waals surface area contributed by atoms with Gasteiger partial charge in [-0.25, -0.2) is 0 Å². The second-order valence-electron chi connectivity index (χ2n) is 5.02. The summed E-state index contributed by atoms with van der Waals surface area (Å²) in [6, 6.07) is 1.91. The van der Waals surface area contributed by atoms with Crippen molar-refractivity contribution in [3.05, 3.63) is 11.8 Å². The fraction of sp³-hybridized carbons (Fsp3) is 0.692. The first kappa shape index (κ1) is 17.9. The third-order valence-corrected chi connectivity index (χ3v) is 2.97. The lowest BCUT2D eigenvalue weighted by atomic mass is 9.96. The first-order chi connectivity index (χ1) is 8.40. The van der Waals surface area contributed by atoms with E-state index >= 15 is 0 Å². The highest BCUT2D eigenvalue weighted by molar-refractivity contribution is 5.97. The molecule has 0 bridgehead atoms. The van der Waals surface area contributed by atoms with E-state index in [1.54, 1.807) is 11.6 Å². The van der Waals surface area contributed by atoms with Crippen LogP contribution in [0.2, 0.25) is 0 Å². The fourth-order valence-electron chi connectivity index (χ4n) is 1.91. The van der Waals surface area contributed by atoms with Crippen molar-refractivity contribution < 1.29 is 4.79 Å². The van der Waals surface area contributed by atoms with Gasteiger partial charge < -0.3 is 11.1 Å². The number of aryl methyl sites for hydroxylation is 2. The Morgan fingerprint density at radius 1 is 1.47 bits per heavy atom. The lowest BCUT2D eigenvalue weighted by Crippen LogP contribution is -2.48. The highest BCUT2D eigenvalue weighted by atomic mass is 35.5. The molecule has 1 atom stereocenters. The Hall–Kier alpha value is -1.07. The molecular formula is C13H25ClN4O. The van der Waals surface area contributed by atoms with Gasteiger partial charge in [0.05, 0.1) is 11.2 Å². The minimum Gasteiger partial charge on any atom is -0.318 e. The van der Waals surface area contributed by atoms with Gasteiger partial charge >= 0.3 is 0 Å². The van der Waals surface area contributed by atoms with Crippen LogP contribution in [0.15, 0.2) is 6.07 Å². The highest BCUT2D eigenvalue weighted by Gasteiger charge is 2.27. The Morgan fingerprint density at radius 2 is 2.11 bits per heavy atom. The van der Waals surface area contributed by atoms with Crippen LogP contribution in [0.25, 0.3) is 0 Å². The average molecular weight is 289 g/mol. The van der Waals surface area contributed by atoms with Gasteiger partial charge in [-0.15, -0.1) is 12.4 Å². The van der Waals surface area contributed by atoms with Crippen LogP contribution in [-0.4, -0.2) is 21.2 Å². The molecule has 0 spiro atoms. The van der Waals surface area contributed by atoms with Crippen LogP contribution >= 0.6 is 12.4 Å². The predicted molar refractivity (Wildman–Crippen MR) is 80.6 cm³/mol. The molecule has 0 aromatic carbocycles. The fourth-order valence-corrected chi connectivity index (χ4v) is 1.91. The van der Waals surface area contributed by atoms with Gasteiger partial charge in [-0.3, -0.25) is 9.48 Å². The minimum absolute atomic E-state index is 0. The number of carbonyl (C=O) groups is 1. The number of hydrogen-bond acceptors (Lipinski definition) is 3. The zero-order valence-electron chi connectivity index (χ0n) is 12.2. The number of aromatic nitrogens is 2. The van der Waals surface area contributed by atoms with E-state index in [1.165, 1.54) is 0 Å². The summed E-state index contributed by atoms with van der Waals surface area (Å²) >= 11 is 0. The van der Waals surface area contributed by atoms with Gasteiger partial charge in [0, 0.05) is 13.1 Å². The second kappa shape index (κ2) is 7.50. The van der Waals surface area contributed by atoms with Gasteiger partial charge in [-0.2, -0.15) is 5.10 Å².